The number of halogens is 2. The molecule has 0 aliphatic rings. The molecule has 0 saturated heterocycles. The third-order valence-corrected chi connectivity index (χ3v) is 5.46. The molecule has 0 fully saturated rings. The van der Waals surface area contributed by atoms with E-state index in [-0.39, 0.29) is 24.4 Å². The van der Waals surface area contributed by atoms with E-state index in [4.69, 9.17) is 5.73 Å². The number of imidazole rings is 1. The third-order valence-electron chi connectivity index (χ3n) is 4.35. The predicted octanol–water partition coefficient (Wildman–Crippen LogP) is 2.58. The van der Waals surface area contributed by atoms with Crippen molar-refractivity contribution in [2.45, 2.75) is 13.1 Å². The molecule has 4 rings (SSSR count). The molecule has 0 bridgehead atoms. The van der Waals surface area contributed by atoms with Gasteiger partial charge in [-0.05, 0) is 29.8 Å². The van der Waals surface area contributed by atoms with Crippen LogP contribution in [-0.2, 0) is 13.1 Å². The van der Waals surface area contributed by atoms with E-state index >= 15 is 0 Å². The summed E-state index contributed by atoms with van der Waals surface area (Å²) in [6, 6.07) is 7.83. The molecule has 2 N–H and O–H groups in total. The van der Waals surface area contributed by atoms with Gasteiger partial charge in [0.1, 0.15) is 6.33 Å². The number of nitrogens with zero attached hydrogens (tertiary/aromatic N) is 5. The van der Waals surface area contributed by atoms with Crippen LogP contribution in [0.15, 0.2) is 65.6 Å². The average molecular weight is 402 g/mol. The predicted molar refractivity (Wildman–Crippen MR) is 102 cm³/mol. The molecule has 10 heteroatoms. The van der Waals surface area contributed by atoms with Crippen LogP contribution in [0.25, 0.3) is 16.1 Å². The highest BCUT2D eigenvalue weighted by Gasteiger charge is 2.11. The van der Waals surface area contributed by atoms with Crippen molar-refractivity contribution in [2.24, 2.45) is 5.73 Å². The molecule has 7 nitrogen and oxygen atoms in total. The van der Waals surface area contributed by atoms with Crippen LogP contribution >= 0.6 is 11.3 Å². The van der Waals surface area contributed by atoms with Gasteiger partial charge in [-0.1, -0.05) is 0 Å². The van der Waals surface area contributed by atoms with E-state index in [1.54, 1.807) is 22.0 Å². The van der Waals surface area contributed by atoms with E-state index in [0.717, 1.165) is 21.0 Å². The number of pyridine rings is 1. The summed E-state index contributed by atoms with van der Waals surface area (Å²) in [4.78, 5) is 18.6. The molecule has 0 amide bonds. The smallest absolute Gasteiger partial charge is 0.327 e. The van der Waals surface area contributed by atoms with Crippen molar-refractivity contribution in [2.75, 3.05) is 6.54 Å². The number of nitrogens with two attached hydrogens (primary N) is 1. The Labute approximate surface area is 162 Å². The second-order valence-corrected chi connectivity index (χ2v) is 7.32. The normalized spacial score (nSPS) is 11.2. The van der Waals surface area contributed by atoms with Crippen LogP contribution in [0.5, 0.6) is 0 Å². The van der Waals surface area contributed by atoms with Crippen molar-refractivity contribution in [3.05, 3.63) is 76.2 Å². The van der Waals surface area contributed by atoms with Crippen LogP contribution in [0, 0.1) is 0 Å². The molecule has 4 aromatic rings. The third kappa shape index (κ3) is 3.51. The summed E-state index contributed by atoms with van der Waals surface area (Å²) in [6.07, 6.45) is 4.59. The van der Waals surface area contributed by atoms with Crippen molar-refractivity contribution in [3.63, 3.8) is 0 Å². The minimum atomic E-state index is -1.84. The van der Waals surface area contributed by atoms with E-state index in [1.807, 2.05) is 30.5 Å². The van der Waals surface area contributed by atoms with E-state index in [0.29, 0.717) is 6.54 Å². The lowest BCUT2D eigenvalue weighted by molar-refractivity contribution is 0.402. The Bertz CT molecular complexity index is 1210. The fourth-order valence-electron chi connectivity index (χ4n) is 2.86. The van der Waals surface area contributed by atoms with Gasteiger partial charge in [0.05, 0.1) is 13.1 Å². The van der Waals surface area contributed by atoms with Crippen LogP contribution < -0.4 is 11.4 Å². The highest BCUT2D eigenvalue weighted by Crippen LogP contribution is 2.28. The van der Waals surface area contributed by atoms with E-state index in [9.17, 15) is 13.6 Å². The molecule has 28 heavy (non-hydrogen) atoms. The Morgan fingerprint density at radius 3 is 2.75 bits per heavy atom. The van der Waals surface area contributed by atoms with E-state index in [1.165, 1.54) is 21.7 Å². The Balaban J connectivity index is 1.54. The quantitative estimate of drug-likeness (QED) is 0.537. The van der Waals surface area contributed by atoms with Gasteiger partial charge in [0.2, 0.25) is 0 Å². The highest BCUT2D eigenvalue weighted by atomic mass is 32.1. The van der Waals surface area contributed by atoms with Crippen molar-refractivity contribution in [1.29, 1.82) is 0 Å². The molecule has 0 spiro atoms. The van der Waals surface area contributed by atoms with Crippen molar-refractivity contribution in [1.82, 2.24) is 23.7 Å². The summed E-state index contributed by atoms with van der Waals surface area (Å²) in [7, 11) is 0. The maximum absolute atomic E-state index is 12.8. The maximum Gasteiger partial charge on any atom is 0.328 e. The fraction of sp³-hybridized carbons (Fsp3) is 0.167. The molecule has 0 aliphatic heterocycles. The standard InChI is InChI=1S/C18H16F2N6OS/c19-17(20)13(8-21)9-24-5-6-25(18(24)27)10-14-1-2-15(28-14)12-3-4-26-16(7-12)22-11-23-26/h1-7,11H,8-10,21H2. The summed E-state index contributed by atoms with van der Waals surface area (Å²) < 4.78 is 30.0. The number of aromatic nitrogens is 5. The number of fused-ring (bicyclic) bond motifs is 1. The molecule has 0 unspecified atom stereocenters. The largest absolute Gasteiger partial charge is 0.328 e. The van der Waals surface area contributed by atoms with Crippen LogP contribution in [0.4, 0.5) is 8.78 Å². The number of rotatable bonds is 6. The van der Waals surface area contributed by atoms with Crippen LogP contribution in [-0.4, -0.2) is 30.3 Å². The summed E-state index contributed by atoms with van der Waals surface area (Å²) in [6.45, 7) is -0.132. The lowest BCUT2D eigenvalue weighted by Gasteiger charge is -2.04. The molecule has 0 aliphatic carbocycles. The molecule has 0 atom stereocenters. The molecule has 144 valence electrons. The fourth-order valence-corrected chi connectivity index (χ4v) is 3.86. The Hall–Kier alpha value is -3.11. The molecule has 0 radical (unpaired) electrons. The number of hydrogen-bond acceptors (Lipinski definition) is 5. The first kappa shape index (κ1) is 18.3. The first-order valence-electron chi connectivity index (χ1n) is 8.42. The van der Waals surface area contributed by atoms with Gasteiger partial charge in [0.15, 0.2) is 5.65 Å². The lowest BCUT2D eigenvalue weighted by atomic mass is 10.2. The highest BCUT2D eigenvalue weighted by molar-refractivity contribution is 7.15. The second-order valence-electron chi connectivity index (χ2n) is 6.15. The maximum atomic E-state index is 12.8. The van der Waals surface area contributed by atoms with E-state index in [2.05, 4.69) is 10.1 Å². The van der Waals surface area contributed by atoms with Crippen molar-refractivity contribution >= 4 is 17.0 Å². The van der Waals surface area contributed by atoms with Gasteiger partial charge in [-0.25, -0.2) is 14.3 Å². The minimum Gasteiger partial charge on any atom is -0.327 e. The Morgan fingerprint density at radius 1 is 1.14 bits per heavy atom. The number of thiophene rings is 1. The van der Waals surface area contributed by atoms with Crippen LogP contribution in [0.2, 0.25) is 0 Å². The van der Waals surface area contributed by atoms with Gasteiger partial charge in [-0.15, -0.1) is 11.3 Å². The molecular weight excluding hydrogens is 386 g/mol. The summed E-state index contributed by atoms with van der Waals surface area (Å²) in [5.41, 5.74) is 6.48. The molecular formula is C18H16F2N6OS. The Kier molecular flexibility index (Phi) is 4.88. The zero-order valence-electron chi connectivity index (χ0n) is 14.6. The topological polar surface area (TPSA) is 83.1 Å². The Morgan fingerprint density at radius 2 is 1.96 bits per heavy atom. The monoisotopic (exact) mass is 402 g/mol. The zero-order chi connectivity index (χ0) is 19.7. The van der Waals surface area contributed by atoms with Gasteiger partial charge in [0.25, 0.3) is 6.08 Å². The second kappa shape index (κ2) is 7.49. The first-order chi connectivity index (χ1) is 13.5. The molecule has 4 aromatic heterocycles. The zero-order valence-corrected chi connectivity index (χ0v) is 15.4. The van der Waals surface area contributed by atoms with Crippen LogP contribution in [0.3, 0.4) is 0 Å². The SMILES string of the molecule is NCC(Cn1ccn(Cc2ccc(-c3ccn4ncnc4c3)s2)c1=O)=C(F)F. The first-order valence-corrected chi connectivity index (χ1v) is 9.24. The lowest BCUT2D eigenvalue weighted by Crippen LogP contribution is -2.26. The molecule has 0 aromatic carbocycles. The van der Waals surface area contributed by atoms with Gasteiger partial charge in [0, 0.05) is 40.5 Å². The molecule has 4 heterocycles. The number of hydrogen-bond donors (Lipinski definition) is 1. The summed E-state index contributed by atoms with van der Waals surface area (Å²) in [5, 5.41) is 4.07. The average Bonchev–Trinajstić information content (AvgIpc) is 3.41. The van der Waals surface area contributed by atoms with Gasteiger partial charge in [-0.3, -0.25) is 9.13 Å². The van der Waals surface area contributed by atoms with E-state index < -0.39 is 6.08 Å². The van der Waals surface area contributed by atoms with Crippen LogP contribution in [0.1, 0.15) is 4.88 Å². The van der Waals surface area contributed by atoms with Gasteiger partial charge < -0.3 is 5.73 Å². The summed E-state index contributed by atoms with van der Waals surface area (Å²) >= 11 is 1.56. The van der Waals surface area contributed by atoms with Gasteiger partial charge >= 0.3 is 5.69 Å². The molecule has 0 saturated carbocycles. The van der Waals surface area contributed by atoms with Crippen molar-refractivity contribution in [3.8, 4) is 10.4 Å². The summed E-state index contributed by atoms with van der Waals surface area (Å²) in [5.74, 6) is 0. The minimum absolute atomic E-state index is 0.210. The van der Waals surface area contributed by atoms with Crippen molar-refractivity contribution < 1.29 is 8.78 Å². The van der Waals surface area contributed by atoms with Gasteiger partial charge in [-0.2, -0.15) is 13.9 Å².